The summed E-state index contributed by atoms with van der Waals surface area (Å²) in [6.07, 6.45) is 0. The third-order valence-corrected chi connectivity index (χ3v) is 16.4. The number of benzene rings is 10. The van der Waals surface area contributed by atoms with E-state index in [1.54, 1.807) is 0 Å². The molecule has 0 saturated carbocycles. The Bertz CT molecular complexity index is 3770. The average Bonchev–Trinajstić information content (AvgIpc) is 3.87. The van der Waals surface area contributed by atoms with Gasteiger partial charge in [0, 0.05) is 44.9 Å². The number of furan rings is 1. The molecule has 348 valence electrons. The second-order valence-corrected chi connectivity index (χ2v) is 20.5. The van der Waals surface area contributed by atoms with Gasteiger partial charge in [0.1, 0.15) is 11.2 Å². The molecule has 13 rings (SSSR count). The van der Waals surface area contributed by atoms with Crippen LogP contribution in [0.15, 0.2) is 199 Å². The molecule has 0 amide bonds. The molecular formula is C69H56N2O. The summed E-state index contributed by atoms with van der Waals surface area (Å²) in [5.74, 6) is 0. The number of nitrogens with zero attached hydrogens (tertiary/aromatic N) is 2. The molecule has 3 nitrogen and oxygen atoms in total. The Morgan fingerprint density at radius 3 is 1.11 bits per heavy atom. The highest BCUT2D eigenvalue weighted by Crippen LogP contribution is 2.63. The molecule has 0 atom stereocenters. The van der Waals surface area contributed by atoms with Gasteiger partial charge in [-0.2, -0.15) is 0 Å². The molecule has 11 aromatic rings. The fraction of sp³-hybridized carbons (Fsp3) is 0.130. The van der Waals surface area contributed by atoms with Gasteiger partial charge < -0.3 is 14.2 Å². The number of rotatable bonds is 6. The minimum absolute atomic E-state index is 0.815. The Morgan fingerprint density at radius 2 is 0.639 bits per heavy atom. The van der Waals surface area contributed by atoms with Crippen LogP contribution >= 0.6 is 0 Å². The Morgan fingerprint density at radius 1 is 0.264 bits per heavy atom. The SMILES string of the molecule is Cc1ccc(N(c2ccc(C)c(C)c2)c2ccc3c(c2)C2(c4cc(N(c5ccc(C)c(C)c5)c5ccc(C)c(C)c5)ccc4-c4ccccc4-3)c3ccccc3-c3cc4c(cc32)oc2ccccc24)cc1C. The predicted octanol–water partition coefficient (Wildman–Crippen LogP) is 19.0. The molecule has 1 heterocycles. The van der Waals surface area contributed by atoms with Gasteiger partial charge in [0.05, 0.1) is 5.41 Å². The molecule has 10 aromatic carbocycles. The van der Waals surface area contributed by atoms with Crippen LogP contribution in [-0.2, 0) is 5.41 Å². The Labute approximate surface area is 423 Å². The van der Waals surface area contributed by atoms with Crippen molar-refractivity contribution in [1.82, 2.24) is 0 Å². The molecule has 0 unspecified atom stereocenters. The van der Waals surface area contributed by atoms with E-state index in [4.69, 9.17) is 4.42 Å². The summed E-state index contributed by atoms with van der Waals surface area (Å²) >= 11 is 0. The van der Waals surface area contributed by atoms with E-state index in [-0.39, 0.29) is 0 Å². The Hall–Kier alpha value is -8.40. The molecule has 0 bridgehead atoms. The van der Waals surface area contributed by atoms with Crippen molar-refractivity contribution >= 4 is 56.1 Å². The molecule has 72 heavy (non-hydrogen) atoms. The van der Waals surface area contributed by atoms with Crippen LogP contribution in [0.3, 0.4) is 0 Å². The van der Waals surface area contributed by atoms with Crippen LogP contribution in [0.2, 0.25) is 0 Å². The van der Waals surface area contributed by atoms with Crippen molar-refractivity contribution < 1.29 is 4.42 Å². The van der Waals surface area contributed by atoms with Gasteiger partial charge in [0.15, 0.2) is 0 Å². The van der Waals surface area contributed by atoms with Crippen molar-refractivity contribution in [2.24, 2.45) is 0 Å². The third kappa shape index (κ3) is 6.50. The first kappa shape index (κ1) is 43.6. The first-order chi connectivity index (χ1) is 35.0. The smallest absolute Gasteiger partial charge is 0.135 e. The molecule has 0 radical (unpaired) electrons. The predicted molar refractivity (Wildman–Crippen MR) is 303 cm³/mol. The molecule has 1 aromatic heterocycles. The minimum Gasteiger partial charge on any atom is -0.456 e. The summed E-state index contributed by atoms with van der Waals surface area (Å²) < 4.78 is 6.90. The monoisotopic (exact) mass is 928 g/mol. The van der Waals surface area contributed by atoms with Crippen LogP contribution in [0, 0.1) is 55.4 Å². The highest BCUT2D eigenvalue weighted by atomic mass is 16.3. The lowest BCUT2D eigenvalue weighted by atomic mass is 9.65. The molecule has 2 aliphatic rings. The van der Waals surface area contributed by atoms with Crippen molar-refractivity contribution in [1.29, 1.82) is 0 Å². The third-order valence-electron chi connectivity index (χ3n) is 16.4. The van der Waals surface area contributed by atoms with Gasteiger partial charge in [-0.3, -0.25) is 0 Å². The number of aryl methyl sites for hydroxylation is 8. The van der Waals surface area contributed by atoms with Gasteiger partial charge in [0.2, 0.25) is 0 Å². The van der Waals surface area contributed by atoms with Crippen LogP contribution in [0.1, 0.15) is 66.8 Å². The van der Waals surface area contributed by atoms with E-state index >= 15 is 0 Å². The quantitative estimate of drug-likeness (QED) is 0.166. The average molecular weight is 929 g/mol. The van der Waals surface area contributed by atoms with Crippen LogP contribution in [0.25, 0.3) is 55.3 Å². The molecule has 0 N–H and O–H groups in total. The van der Waals surface area contributed by atoms with E-state index in [1.807, 2.05) is 0 Å². The molecule has 0 saturated heterocycles. The lowest BCUT2D eigenvalue weighted by molar-refractivity contribution is 0.666. The van der Waals surface area contributed by atoms with Gasteiger partial charge in [-0.1, -0.05) is 103 Å². The molecule has 2 aliphatic carbocycles. The number of hydrogen-bond acceptors (Lipinski definition) is 3. The zero-order valence-corrected chi connectivity index (χ0v) is 42.3. The maximum atomic E-state index is 6.90. The first-order valence-corrected chi connectivity index (χ1v) is 25.3. The van der Waals surface area contributed by atoms with Crippen LogP contribution < -0.4 is 9.80 Å². The normalized spacial score (nSPS) is 12.8. The van der Waals surface area contributed by atoms with Crippen molar-refractivity contribution in [3.8, 4) is 33.4 Å². The van der Waals surface area contributed by atoms with Gasteiger partial charge in [0.25, 0.3) is 0 Å². The summed E-state index contributed by atoms with van der Waals surface area (Å²) in [5, 5.41) is 2.25. The number of fused-ring (bicyclic) bond motifs is 15. The maximum Gasteiger partial charge on any atom is 0.135 e. The summed E-state index contributed by atoms with van der Waals surface area (Å²) in [7, 11) is 0. The second kappa shape index (κ2) is 16.3. The fourth-order valence-corrected chi connectivity index (χ4v) is 12.0. The fourth-order valence-electron chi connectivity index (χ4n) is 12.0. The molecule has 3 heteroatoms. The first-order valence-electron chi connectivity index (χ1n) is 25.3. The van der Waals surface area contributed by atoms with E-state index in [9.17, 15) is 0 Å². The summed E-state index contributed by atoms with van der Waals surface area (Å²) in [4.78, 5) is 4.93. The maximum absolute atomic E-state index is 6.90. The summed E-state index contributed by atoms with van der Waals surface area (Å²) in [6.45, 7) is 17.7. The standard InChI is InChI=1S/C69H56N2O/c1-41-21-25-49(33-45(41)5)70(50-26-22-42(2)46(6)34-50)53-29-31-58-55-15-9-10-16-56(55)59-32-30-54(71(51-27-23-43(3)47(7)35-51)52-28-24-44(4)48(8)36-52)38-65(59)69(64(58)37-53)63-19-13-11-17-57(63)61-39-62-60-18-12-14-20-67(60)72-68(62)40-66(61)69/h9-40H,1-8H3. The number of para-hydroxylation sites is 1. The second-order valence-electron chi connectivity index (χ2n) is 20.5. The highest BCUT2D eigenvalue weighted by molar-refractivity contribution is 6.09. The zero-order chi connectivity index (χ0) is 49.2. The van der Waals surface area contributed by atoms with E-state index in [0.29, 0.717) is 0 Å². The van der Waals surface area contributed by atoms with Gasteiger partial charge in [-0.05, 0) is 247 Å². The van der Waals surface area contributed by atoms with Crippen molar-refractivity contribution in [2.75, 3.05) is 9.80 Å². The Balaban J connectivity index is 1.19. The van der Waals surface area contributed by atoms with Crippen molar-refractivity contribution in [3.05, 3.63) is 261 Å². The minimum atomic E-state index is -0.815. The summed E-state index contributed by atoms with van der Waals surface area (Å²) in [5.41, 5.74) is 30.0. The van der Waals surface area contributed by atoms with E-state index < -0.39 is 5.41 Å². The topological polar surface area (TPSA) is 19.6 Å². The van der Waals surface area contributed by atoms with Gasteiger partial charge in [-0.15, -0.1) is 0 Å². The van der Waals surface area contributed by atoms with E-state index in [0.717, 1.165) is 56.1 Å². The van der Waals surface area contributed by atoms with Crippen molar-refractivity contribution in [3.63, 3.8) is 0 Å². The lowest BCUT2D eigenvalue weighted by Gasteiger charge is -2.37. The van der Waals surface area contributed by atoms with Crippen LogP contribution in [-0.4, -0.2) is 0 Å². The number of hydrogen-bond donors (Lipinski definition) is 0. The van der Waals surface area contributed by atoms with Gasteiger partial charge >= 0.3 is 0 Å². The van der Waals surface area contributed by atoms with E-state index in [1.165, 1.54) is 100 Å². The Kier molecular flexibility index (Phi) is 9.89. The molecule has 1 spiro atoms. The van der Waals surface area contributed by atoms with Crippen LogP contribution in [0.5, 0.6) is 0 Å². The van der Waals surface area contributed by atoms with Crippen molar-refractivity contribution in [2.45, 2.75) is 60.8 Å². The van der Waals surface area contributed by atoms with Gasteiger partial charge in [-0.25, -0.2) is 0 Å². The van der Waals surface area contributed by atoms with E-state index in [2.05, 4.69) is 259 Å². The molecule has 0 fully saturated rings. The lowest BCUT2D eigenvalue weighted by Crippen LogP contribution is -2.30. The number of anilines is 6. The molecule has 0 aliphatic heterocycles. The van der Waals surface area contributed by atoms with Crippen LogP contribution in [0.4, 0.5) is 34.1 Å². The summed E-state index contributed by atoms with van der Waals surface area (Å²) in [6, 6.07) is 73.6. The molecular weight excluding hydrogens is 873 g/mol. The highest BCUT2D eigenvalue weighted by Gasteiger charge is 2.51. The largest absolute Gasteiger partial charge is 0.456 e. The zero-order valence-electron chi connectivity index (χ0n) is 42.3.